The predicted octanol–water partition coefficient (Wildman–Crippen LogP) is 10.3. The third-order valence-electron chi connectivity index (χ3n) is 15.9. The van der Waals surface area contributed by atoms with Gasteiger partial charge in [-0.25, -0.2) is 0 Å². The number of hydrogen-bond donors (Lipinski definition) is 0. The van der Waals surface area contributed by atoms with Gasteiger partial charge in [0.1, 0.15) is 0 Å². The Morgan fingerprint density at radius 2 is 1.51 bits per heavy atom. The van der Waals surface area contributed by atoms with Crippen LogP contribution in [0.2, 0.25) is 0 Å². The third-order valence-corrected chi connectivity index (χ3v) is 15.9. The van der Waals surface area contributed by atoms with Crippen LogP contribution in [0, 0.1) is 56.2 Å². The molecule has 0 aromatic heterocycles. The second-order valence-corrected chi connectivity index (χ2v) is 18.2. The first kappa shape index (κ1) is 28.5. The van der Waals surface area contributed by atoms with Crippen LogP contribution in [-0.4, -0.2) is 18.5 Å². The van der Waals surface area contributed by atoms with Crippen LogP contribution in [0.3, 0.4) is 0 Å². The van der Waals surface area contributed by atoms with Gasteiger partial charge in [0, 0.05) is 5.41 Å². The van der Waals surface area contributed by atoms with Crippen LogP contribution in [0.1, 0.15) is 112 Å². The molecule has 8 rings (SSSR count). The van der Waals surface area contributed by atoms with E-state index in [1.807, 2.05) is 0 Å². The molecule has 1 heterocycles. The standard InChI is InChI=1S/C41H54O2/c1-36(2)19-21-41-22-20-39(6)30(33(41)35(36)43-25-41)15-16-32-38(5)24-28(23-27-13-10-12-26-11-8-9-14-29(26)27)34(42)37(3,4)31(38)17-18-40(32,39)7/h8-14,23,30-33,35H,15-22,24-25H2,1-7H3/b28-23+/t30-,31-,32-,33-,35-,38+,39-,40-,41-/m1/s1. The van der Waals surface area contributed by atoms with Crippen molar-refractivity contribution in [1.82, 2.24) is 0 Å². The fourth-order valence-corrected chi connectivity index (χ4v) is 13.5. The van der Waals surface area contributed by atoms with Gasteiger partial charge < -0.3 is 4.74 Å². The SMILES string of the molecule is CC1(C)CC[C@]23CC[C@]4(C)[C@H](CC[C@@H]5[C@@]6(C)C/C(=C\c7cccc8ccccc78)C(=O)C(C)(C)[C@H]6CC[C@]54C)[C@@H]2[C@H]1OC3. The van der Waals surface area contributed by atoms with Gasteiger partial charge in [0.2, 0.25) is 0 Å². The highest BCUT2D eigenvalue weighted by Gasteiger charge is 2.73. The Kier molecular flexibility index (Phi) is 5.88. The first-order valence-electron chi connectivity index (χ1n) is 17.6. The van der Waals surface area contributed by atoms with Gasteiger partial charge in [-0.2, -0.15) is 0 Å². The Balaban J connectivity index is 1.20. The zero-order valence-electron chi connectivity index (χ0n) is 27.9. The van der Waals surface area contributed by atoms with Gasteiger partial charge in [0.25, 0.3) is 0 Å². The lowest BCUT2D eigenvalue weighted by Crippen LogP contribution is -2.67. The van der Waals surface area contributed by atoms with E-state index >= 15 is 0 Å². The van der Waals surface area contributed by atoms with Crippen molar-refractivity contribution >= 4 is 22.6 Å². The van der Waals surface area contributed by atoms with Gasteiger partial charge >= 0.3 is 0 Å². The molecule has 0 radical (unpaired) electrons. The minimum atomic E-state index is -0.334. The molecule has 43 heavy (non-hydrogen) atoms. The van der Waals surface area contributed by atoms with Gasteiger partial charge in [-0.3, -0.25) is 4.79 Å². The molecule has 1 saturated heterocycles. The van der Waals surface area contributed by atoms with Crippen LogP contribution < -0.4 is 0 Å². The lowest BCUT2D eigenvalue weighted by atomic mass is 9.31. The molecule has 2 nitrogen and oxygen atoms in total. The van der Waals surface area contributed by atoms with Crippen molar-refractivity contribution in [3.05, 3.63) is 53.6 Å². The summed E-state index contributed by atoms with van der Waals surface area (Å²) in [6, 6.07) is 15.2. The average molecular weight is 579 g/mol. The molecule has 0 amide bonds. The molecule has 5 aliphatic carbocycles. The largest absolute Gasteiger partial charge is 0.377 e. The molecule has 5 saturated carbocycles. The number of carbonyl (C=O) groups is 1. The van der Waals surface area contributed by atoms with E-state index in [0.29, 0.717) is 45.4 Å². The maximum Gasteiger partial charge on any atom is 0.164 e. The van der Waals surface area contributed by atoms with Crippen molar-refractivity contribution in [3.8, 4) is 0 Å². The Hall–Kier alpha value is -1.93. The van der Waals surface area contributed by atoms with E-state index < -0.39 is 0 Å². The molecule has 2 aromatic carbocycles. The number of Topliss-reactive ketones (excluding diaryl/α,β-unsaturated/α-hetero) is 1. The summed E-state index contributed by atoms with van der Waals surface area (Å²) in [5.74, 6) is 2.97. The third kappa shape index (κ3) is 3.54. The first-order valence-corrected chi connectivity index (χ1v) is 17.6. The van der Waals surface area contributed by atoms with E-state index in [1.165, 1.54) is 67.7 Å². The second-order valence-electron chi connectivity index (χ2n) is 18.2. The normalized spacial score (nSPS) is 47.0. The summed E-state index contributed by atoms with van der Waals surface area (Å²) in [5.41, 5.74) is 3.42. The quantitative estimate of drug-likeness (QED) is 0.315. The van der Waals surface area contributed by atoms with Gasteiger partial charge in [-0.05, 0) is 137 Å². The van der Waals surface area contributed by atoms with E-state index in [4.69, 9.17) is 4.74 Å². The number of ketones is 1. The average Bonchev–Trinajstić information content (AvgIpc) is 3.30. The number of benzene rings is 2. The van der Waals surface area contributed by atoms with Crippen LogP contribution in [-0.2, 0) is 9.53 Å². The van der Waals surface area contributed by atoms with E-state index in [0.717, 1.165) is 30.4 Å². The highest BCUT2D eigenvalue weighted by molar-refractivity contribution is 6.06. The lowest BCUT2D eigenvalue weighted by Gasteiger charge is -2.73. The minimum absolute atomic E-state index is 0.130. The molecule has 6 aliphatic rings. The summed E-state index contributed by atoms with van der Waals surface area (Å²) in [7, 11) is 0. The van der Waals surface area contributed by atoms with Crippen LogP contribution >= 0.6 is 0 Å². The van der Waals surface area contributed by atoms with Gasteiger partial charge in [0.05, 0.1) is 12.7 Å². The maximum atomic E-state index is 14.3. The summed E-state index contributed by atoms with van der Waals surface area (Å²) in [6.07, 6.45) is 14.2. The number of fused-ring (bicyclic) bond motifs is 6. The maximum absolute atomic E-state index is 14.3. The van der Waals surface area contributed by atoms with E-state index in [1.54, 1.807) is 0 Å². The zero-order valence-corrected chi connectivity index (χ0v) is 27.9. The Morgan fingerprint density at radius 1 is 0.767 bits per heavy atom. The summed E-state index contributed by atoms with van der Waals surface area (Å²) >= 11 is 0. The summed E-state index contributed by atoms with van der Waals surface area (Å²) in [4.78, 5) is 14.3. The molecule has 2 bridgehead atoms. The Labute approximate surface area is 260 Å². The monoisotopic (exact) mass is 578 g/mol. The van der Waals surface area contributed by atoms with Crippen molar-refractivity contribution in [2.45, 2.75) is 112 Å². The van der Waals surface area contributed by atoms with E-state index in [9.17, 15) is 4.79 Å². The van der Waals surface area contributed by atoms with Crippen molar-refractivity contribution in [1.29, 1.82) is 0 Å². The molecule has 2 heteroatoms. The predicted molar refractivity (Wildman–Crippen MR) is 177 cm³/mol. The van der Waals surface area contributed by atoms with Crippen LogP contribution in [0.4, 0.5) is 0 Å². The van der Waals surface area contributed by atoms with Crippen molar-refractivity contribution in [3.63, 3.8) is 0 Å². The summed E-state index contributed by atoms with van der Waals surface area (Å²) in [6.45, 7) is 18.6. The molecule has 9 atom stereocenters. The highest BCUT2D eigenvalue weighted by atomic mass is 16.5. The van der Waals surface area contributed by atoms with E-state index in [2.05, 4.69) is 97.0 Å². The zero-order chi connectivity index (χ0) is 30.2. The molecule has 6 fully saturated rings. The number of hydrogen-bond acceptors (Lipinski definition) is 2. The topological polar surface area (TPSA) is 26.3 Å². The fourth-order valence-electron chi connectivity index (χ4n) is 13.5. The Bertz CT molecular complexity index is 1520. The molecule has 230 valence electrons. The highest BCUT2D eigenvalue weighted by Crippen LogP contribution is 2.78. The van der Waals surface area contributed by atoms with Crippen LogP contribution in [0.15, 0.2) is 48.0 Å². The van der Waals surface area contributed by atoms with Crippen molar-refractivity contribution in [2.24, 2.45) is 56.2 Å². The van der Waals surface area contributed by atoms with Crippen molar-refractivity contribution in [2.75, 3.05) is 6.61 Å². The summed E-state index contributed by atoms with van der Waals surface area (Å²) in [5, 5.41) is 2.50. The fraction of sp³-hybridized carbons (Fsp3) is 0.683. The number of carbonyl (C=O) groups excluding carboxylic acids is 1. The number of rotatable bonds is 1. The molecule has 0 N–H and O–H groups in total. The smallest absolute Gasteiger partial charge is 0.164 e. The van der Waals surface area contributed by atoms with Gasteiger partial charge in [0.15, 0.2) is 5.78 Å². The Morgan fingerprint density at radius 3 is 2.33 bits per heavy atom. The molecule has 0 unspecified atom stereocenters. The first-order chi connectivity index (χ1) is 20.3. The van der Waals surface area contributed by atoms with Crippen LogP contribution in [0.25, 0.3) is 16.8 Å². The summed E-state index contributed by atoms with van der Waals surface area (Å²) < 4.78 is 6.79. The molecule has 1 aliphatic heterocycles. The van der Waals surface area contributed by atoms with Gasteiger partial charge in [-0.1, -0.05) is 90.9 Å². The van der Waals surface area contributed by atoms with Gasteiger partial charge in [-0.15, -0.1) is 0 Å². The van der Waals surface area contributed by atoms with Crippen LogP contribution in [0.5, 0.6) is 0 Å². The van der Waals surface area contributed by atoms with E-state index in [-0.39, 0.29) is 10.8 Å². The second kappa shape index (κ2) is 8.86. The van der Waals surface area contributed by atoms with Crippen molar-refractivity contribution < 1.29 is 9.53 Å². The molecule has 2 aromatic rings. The number of allylic oxidation sites excluding steroid dienone is 1. The lowest BCUT2D eigenvalue weighted by molar-refractivity contribution is -0.236. The minimum Gasteiger partial charge on any atom is -0.377 e. The molecule has 0 spiro atoms. The molecular weight excluding hydrogens is 524 g/mol. The molecular formula is C41H54O2. The number of ether oxygens (including phenoxy) is 1.